The van der Waals surface area contributed by atoms with Crippen molar-refractivity contribution in [1.29, 1.82) is 0 Å². The smallest absolute Gasteiger partial charge is 0.150 e. The molecule has 1 atom stereocenters. The maximum absolute atomic E-state index is 13.4. The molecule has 0 radical (unpaired) electrons. The van der Waals surface area contributed by atoms with E-state index >= 15 is 0 Å². The van der Waals surface area contributed by atoms with Gasteiger partial charge in [0.2, 0.25) is 0 Å². The third-order valence-corrected chi connectivity index (χ3v) is 3.99. The Kier molecular flexibility index (Phi) is 2.86. The maximum atomic E-state index is 13.4. The second kappa shape index (κ2) is 3.79. The summed E-state index contributed by atoms with van der Waals surface area (Å²) in [4.78, 5) is 0. The molecule has 2 aromatic rings. The van der Waals surface area contributed by atoms with Gasteiger partial charge in [0.15, 0.2) is 5.82 Å². The monoisotopic (exact) mass is 372 g/mol. The summed E-state index contributed by atoms with van der Waals surface area (Å²) in [6.07, 6.45) is 2.10. The van der Waals surface area contributed by atoms with E-state index in [-0.39, 0.29) is 5.82 Å². The fourth-order valence-electron chi connectivity index (χ4n) is 1.15. The van der Waals surface area contributed by atoms with Crippen molar-refractivity contribution in [3.8, 4) is 0 Å². The predicted molar refractivity (Wildman–Crippen MR) is 65.1 cm³/mol. The first-order chi connectivity index (χ1) is 6.22. The summed E-state index contributed by atoms with van der Waals surface area (Å²) in [6.45, 7) is 0. The fourth-order valence-corrected chi connectivity index (χ4v) is 3.12. The summed E-state index contributed by atoms with van der Waals surface area (Å²) in [5.74, 6) is -0.231. The average molecular weight is 373 g/mol. The molecule has 0 amide bonds. The van der Waals surface area contributed by atoms with Gasteiger partial charge >= 0.3 is 0 Å². The van der Waals surface area contributed by atoms with E-state index in [9.17, 15) is 4.39 Å². The number of nitrogens with zero attached hydrogens (tertiary/aromatic N) is 2. The Morgan fingerprint density at radius 1 is 1.54 bits per heavy atom. The number of fused-ring (bicyclic) bond motifs is 1. The second-order valence-electron chi connectivity index (χ2n) is 2.47. The molecule has 0 fully saturated rings. The molecule has 68 valence electrons. The Morgan fingerprint density at radius 3 is 3.00 bits per heavy atom. The van der Waals surface area contributed by atoms with Gasteiger partial charge in [-0.25, -0.2) is 8.84 Å². The average Bonchev–Trinajstić information content (AvgIpc) is 2.47. The zero-order valence-electron chi connectivity index (χ0n) is 6.26. The largest absolute Gasteiger partial charge is 0.234 e. The lowest BCUT2D eigenvalue weighted by atomic mass is 10.2. The van der Waals surface area contributed by atoms with Gasteiger partial charge in [-0.15, -0.1) is 0 Å². The molecular weight excluding hydrogens is 369 g/mol. The van der Waals surface area contributed by atoms with Crippen LogP contribution < -0.4 is 0 Å². The quantitative estimate of drug-likeness (QED) is 0.551. The molecule has 1 unspecified atom stereocenters. The van der Waals surface area contributed by atoms with E-state index in [2.05, 4.69) is 43.1 Å². The summed E-state index contributed by atoms with van der Waals surface area (Å²) < 4.78 is 15.8. The van der Waals surface area contributed by atoms with E-state index < -0.39 is 0 Å². The molecule has 0 N–H and O–H groups in total. The van der Waals surface area contributed by atoms with Crippen molar-refractivity contribution >= 4 is 55.2 Å². The van der Waals surface area contributed by atoms with E-state index in [0.29, 0.717) is 11.9 Å². The van der Waals surface area contributed by atoms with Crippen molar-refractivity contribution in [3.05, 3.63) is 28.6 Å². The minimum atomic E-state index is -0.231. The SMILES string of the molecule is Fc1cc(Br)cc2cnn(PI)c12. The molecule has 1 heterocycles. The Labute approximate surface area is 97.3 Å². The number of hydrogen-bond donors (Lipinski definition) is 0. The molecule has 2 nitrogen and oxygen atoms in total. The van der Waals surface area contributed by atoms with Gasteiger partial charge in [-0.1, -0.05) is 15.9 Å². The van der Waals surface area contributed by atoms with Crippen LogP contribution in [0.5, 0.6) is 0 Å². The van der Waals surface area contributed by atoms with Crippen LogP contribution in [0, 0.1) is 5.82 Å². The van der Waals surface area contributed by atoms with E-state index in [1.165, 1.54) is 6.07 Å². The Balaban J connectivity index is 2.82. The van der Waals surface area contributed by atoms with Crippen LogP contribution in [0.4, 0.5) is 4.39 Å². The number of aromatic nitrogens is 2. The molecule has 0 saturated heterocycles. The topological polar surface area (TPSA) is 17.8 Å². The Morgan fingerprint density at radius 2 is 2.31 bits per heavy atom. The van der Waals surface area contributed by atoms with Gasteiger partial charge in [-0.3, -0.25) is 0 Å². The normalized spacial score (nSPS) is 11.9. The lowest BCUT2D eigenvalue weighted by molar-refractivity contribution is 0.634. The standard InChI is InChI=1S/C7H4BrFIN2P/c8-5-1-4-3-11-12(13-10)7(4)6(9)2-5/h1-3,13H. The van der Waals surface area contributed by atoms with Crippen molar-refractivity contribution in [2.75, 3.05) is 0 Å². The zero-order valence-corrected chi connectivity index (χ0v) is 11.0. The van der Waals surface area contributed by atoms with Gasteiger partial charge in [0, 0.05) is 9.86 Å². The molecule has 0 saturated carbocycles. The molecule has 0 bridgehead atoms. The summed E-state index contributed by atoms with van der Waals surface area (Å²) in [5.41, 5.74) is 0.580. The molecule has 0 aliphatic carbocycles. The summed E-state index contributed by atoms with van der Waals surface area (Å²) in [5, 5.41) is 4.91. The molecule has 13 heavy (non-hydrogen) atoms. The van der Waals surface area contributed by atoms with Crippen LogP contribution in [0.2, 0.25) is 0 Å². The van der Waals surface area contributed by atoms with E-state index in [1.807, 2.05) is 6.07 Å². The predicted octanol–water partition coefficient (Wildman–Crippen LogP) is 3.73. The third-order valence-electron chi connectivity index (χ3n) is 1.66. The van der Waals surface area contributed by atoms with Crippen LogP contribution in [-0.4, -0.2) is 9.55 Å². The second-order valence-corrected chi connectivity index (χ2v) is 5.42. The van der Waals surface area contributed by atoms with Gasteiger partial charge in [0.1, 0.15) is 5.52 Å². The van der Waals surface area contributed by atoms with Crippen molar-refractivity contribution in [2.45, 2.75) is 0 Å². The molecule has 2 rings (SSSR count). The van der Waals surface area contributed by atoms with Gasteiger partial charge in [0.05, 0.1) is 12.6 Å². The molecule has 0 aliphatic rings. The highest BCUT2D eigenvalue weighted by molar-refractivity contribution is 14.2. The minimum Gasteiger partial charge on any atom is -0.234 e. The molecular formula is C7H4BrFIN2P. The highest BCUT2D eigenvalue weighted by Crippen LogP contribution is 2.31. The lowest BCUT2D eigenvalue weighted by Crippen LogP contribution is -1.86. The van der Waals surface area contributed by atoms with E-state index in [1.54, 1.807) is 10.6 Å². The summed E-state index contributed by atoms with van der Waals surface area (Å²) in [6, 6.07) is 3.32. The van der Waals surface area contributed by atoms with Gasteiger partial charge in [-0.05, 0) is 34.2 Å². The fraction of sp³-hybridized carbons (Fsp3) is 0. The van der Waals surface area contributed by atoms with Crippen LogP contribution >= 0.6 is 44.3 Å². The third kappa shape index (κ3) is 1.74. The van der Waals surface area contributed by atoms with E-state index in [4.69, 9.17) is 0 Å². The molecule has 1 aromatic heterocycles. The Bertz CT molecular complexity index is 459. The van der Waals surface area contributed by atoms with Crippen LogP contribution in [0.3, 0.4) is 0 Å². The minimum absolute atomic E-state index is 0.231. The Hall–Kier alpha value is 0.260. The van der Waals surface area contributed by atoms with Gasteiger partial charge in [-0.2, -0.15) is 5.10 Å². The number of rotatable bonds is 1. The van der Waals surface area contributed by atoms with Crippen molar-refractivity contribution < 1.29 is 4.39 Å². The number of hydrogen-bond acceptors (Lipinski definition) is 1. The van der Waals surface area contributed by atoms with Crippen molar-refractivity contribution in [2.24, 2.45) is 0 Å². The molecule has 0 spiro atoms. The summed E-state index contributed by atoms with van der Waals surface area (Å²) >= 11 is 5.41. The number of benzene rings is 1. The maximum Gasteiger partial charge on any atom is 0.150 e. The van der Waals surface area contributed by atoms with Gasteiger partial charge in [0.25, 0.3) is 0 Å². The van der Waals surface area contributed by atoms with Crippen molar-refractivity contribution in [3.63, 3.8) is 0 Å². The molecule has 0 aliphatic heterocycles. The first-order valence-electron chi connectivity index (χ1n) is 3.42. The lowest BCUT2D eigenvalue weighted by Gasteiger charge is -1.98. The first kappa shape index (κ1) is 9.80. The van der Waals surface area contributed by atoms with Crippen molar-refractivity contribution in [1.82, 2.24) is 9.55 Å². The number of halogens is 3. The molecule has 6 heteroatoms. The van der Waals surface area contributed by atoms with Crippen LogP contribution in [-0.2, 0) is 0 Å². The highest BCUT2D eigenvalue weighted by Gasteiger charge is 2.08. The highest BCUT2D eigenvalue weighted by atomic mass is 127. The van der Waals surface area contributed by atoms with Crippen LogP contribution in [0.25, 0.3) is 10.9 Å². The van der Waals surface area contributed by atoms with Crippen LogP contribution in [0.15, 0.2) is 22.8 Å². The van der Waals surface area contributed by atoms with E-state index in [0.717, 1.165) is 9.86 Å². The molecule has 1 aromatic carbocycles. The summed E-state index contributed by atoms with van der Waals surface area (Å²) in [7, 11) is 0. The first-order valence-corrected chi connectivity index (χ1v) is 8.27. The zero-order chi connectivity index (χ0) is 9.42. The van der Waals surface area contributed by atoms with Gasteiger partial charge < -0.3 is 0 Å². The van der Waals surface area contributed by atoms with Crippen LogP contribution in [0.1, 0.15) is 0 Å².